The van der Waals surface area contributed by atoms with Crippen molar-refractivity contribution in [3.63, 3.8) is 0 Å². The molecule has 8 nitrogen and oxygen atoms in total. The maximum absolute atomic E-state index is 13.5. The molecule has 0 spiro atoms. The van der Waals surface area contributed by atoms with Gasteiger partial charge in [-0.2, -0.15) is 0 Å². The summed E-state index contributed by atoms with van der Waals surface area (Å²) in [5.41, 5.74) is 3.70. The van der Waals surface area contributed by atoms with Gasteiger partial charge < -0.3 is 14.6 Å². The minimum Gasteiger partial charge on any atom is -0.497 e. The van der Waals surface area contributed by atoms with E-state index in [1.165, 1.54) is 18.4 Å². The molecule has 1 N–H and O–H groups in total. The van der Waals surface area contributed by atoms with Crippen LogP contribution in [0.4, 0.5) is 5.69 Å². The average Bonchev–Trinajstić information content (AvgIpc) is 3.60. The molecule has 0 radical (unpaired) electrons. The Bertz CT molecular complexity index is 1400. The number of fused-ring (bicyclic) bond motifs is 2. The fourth-order valence-corrected chi connectivity index (χ4v) is 5.72. The summed E-state index contributed by atoms with van der Waals surface area (Å²) in [6.07, 6.45) is 5.38. The highest BCUT2D eigenvalue weighted by molar-refractivity contribution is 5.81. The number of tetrazole rings is 1. The molecular formula is C26H28N6O2. The zero-order chi connectivity index (χ0) is 23.2. The third-order valence-corrected chi connectivity index (χ3v) is 7.35. The van der Waals surface area contributed by atoms with Crippen molar-refractivity contribution in [1.29, 1.82) is 0 Å². The third-order valence-electron chi connectivity index (χ3n) is 7.35. The summed E-state index contributed by atoms with van der Waals surface area (Å²) in [6, 6.07) is 16.1. The van der Waals surface area contributed by atoms with Crippen LogP contribution in [0.25, 0.3) is 10.9 Å². The van der Waals surface area contributed by atoms with Gasteiger partial charge in [-0.3, -0.25) is 4.79 Å². The number of anilines is 1. The first-order valence-corrected chi connectivity index (χ1v) is 12.0. The van der Waals surface area contributed by atoms with Gasteiger partial charge in [0, 0.05) is 28.2 Å². The molecule has 174 valence electrons. The first-order chi connectivity index (χ1) is 16.6. The predicted molar refractivity (Wildman–Crippen MR) is 130 cm³/mol. The summed E-state index contributed by atoms with van der Waals surface area (Å²) >= 11 is 0. The van der Waals surface area contributed by atoms with E-state index in [1.807, 2.05) is 28.9 Å². The third kappa shape index (κ3) is 3.36. The SMILES string of the molecule is COc1ccc2[nH]c(=O)c([C@H](c3nnnn3C3CCCC3)N3c4ccccc4C[C@H]3C)cc2c1. The van der Waals surface area contributed by atoms with Crippen LogP contribution in [0, 0.1) is 0 Å². The molecule has 4 aromatic rings. The predicted octanol–water partition coefficient (Wildman–Crippen LogP) is 4.18. The lowest BCUT2D eigenvalue weighted by Gasteiger charge is -2.34. The Morgan fingerprint density at radius 2 is 1.94 bits per heavy atom. The van der Waals surface area contributed by atoms with E-state index < -0.39 is 6.04 Å². The van der Waals surface area contributed by atoms with E-state index in [0.717, 1.165) is 47.4 Å². The van der Waals surface area contributed by atoms with Crippen LogP contribution >= 0.6 is 0 Å². The molecule has 1 saturated carbocycles. The van der Waals surface area contributed by atoms with Gasteiger partial charge in [0.15, 0.2) is 5.82 Å². The van der Waals surface area contributed by atoms with Crippen LogP contribution in [-0.4, -0.2) is 38.3 Å². The van der Waals surface area contributed by atoms with Crippen LogP contribution in [0.3, 0.4) is 0 Å². The lowest BCUT2D eigenvalue weighted by atomic mass is 10.0. The number of ether oxygens (including phenoxy) is 1. The molecule has 1 aliphatic carbocycles. The van der Waals surface area contributed by atoms with Crippen LogP contribution in [0.15, 0.2) is 53.3 Å². The van der Waals surface area contributed by atoms with Crippen molar-refractivity contribution in [2.24, 2.45) is 0 Å². The zero-order valence-electron chi connectivity index (χ0n) is 19.4. The van der Waals surface area contributed by atoms with Crippen molar-refractivity contribution in [2.45, 2.75) is 57.2 Å². The number of hydrogen-bond donors (Lipinski definition) is 1. The van der Waals surface area contributed by atoms with Gasteiger partial charge in [0.05, 0.1) is 13.2 Å². The number of aromatic nitrogens is 5. The molecular weight excluding hydrogens is 428 g/mol. The largest absolute Gasteiger partial charge is 0.497 e. The molecule has 0 amide bonds. The van der Waals surface area contributed by atoms with Crippen molar-refractivity contribution < 1.29 is 4.74 Å². The van der Waals surface area contributed by atoms with E-state index in [-0.39, 0.29) is 17.6 Å². The second kappa shape index (κ2) is 8.27. The smallest absolute Gasteiger partial charge is 0.254 e. The fourth-order valence-electron chi connectivity index (χ4n) is 5.72. The van der Waals surface area contributed by atoms with Gasteiger partial charge in [-0.05, 0) is 72.5 Å². The van der Waals surface area contributed by atoms with Gasteiger partial charge in [-0.25, -0.2) is 4.68 Å². The van der Waals surface area contributed by atoms with E-state index >= 15 is 0 Å². The monoisotopic (exact) mass is 456 g/mol. The Balaban J connectivity index is 1.58. The maximum atomic E-state index is 13.5. The van der Waals surface area contributed by atoms with Crippen LogP contribution in [0.5, 0.6) is 5.75 Å². The number of hydrogen-bond acceptors (Lipinski definition) is 6. The van der Waals surface area contributed by atoms with Gasteiger partial charge in [0.1, 0.15) is 11.8 Å². The molecule has 0 unspecified atom stereocenters. The first-order valence-electron chi connectivity index (χ1n) is 12.0. The number of benzene rings is 2. The summed E-state index contributed by atoms with van der Waals surface area (Å²) in [7, 11) is 1.65. The lowest BCUT2D eigenvalue weighted by molar-refractivity contribution is 0.415. The van der Waals surface area contributed by atoms with E-state index in [9.17, 15) is 4.79 Å². The zero-order valence-corrected chi connectivity index (χ0v) is 19.4. The number of para-hydroxylation sites is 1. The summed E-state index contributed by atoms with van der Waals surface area (Å²) in [4.78, 5) is 19.0. The normalized spacial score (nSPS) is 19.0. The molecule has 2 aromatic carbocycles. The Morgan fingerprint density at radius 3 is 2.76 bits per heavy atom. The number of nitrogens with zero attached hydrogens (tertiary/aromatic N) is 5. The highest BCUT2D eigenvalue weighted by Crippen LogP contribution is 2.42. The summed E-state index contributed by atoms with van der Waals surface area (Å²) in [5, 5.41) is 13.9. The highest BCUT2D eigenvalue weighted by atomic mass is 16.5. The summed E-state index contributed by atoms with van der Waals surface area (Å²) in [5.74, 6) is 1.47. The van der Waals surface area contributed by atoms with Gasteiger partial charge in [0.2, 0.25) is 0 Å². The van der Waals surface area contributed by atoms with E-state index in [2.05, 4.69) is 56.6 Å². The van der Waals surface area contributed by atoms with Crippen LogP contribution in [0.1, 0.15) is 61.6 Å². The standard InChI is InChI=1S/C26H28N6O2/c1-16-13-17-7-3-6-10-23(17)31(16)24(25-28-29-30-32(25)19-8-4-5-9-19)21-15-18-14-20(34-2)11-12-22(18)27-26(21)33/h3,6-7,10-12,14-16,19,24H,4-5,8-9,13H2,1-2H3,(H,27,33)/t16-,24-/m1/s1. The second-order valence-corrected chi connectivity index (χ2v) is 9.42. The van der Waals surface area contributed by atoms with Crippen molar-refractivity contribution in [3.8, 4) is 5.75 Å². The number of pyridine rings is 1. The average molecular weight is 457 g/mol. The highest BCUT2D eigenvalue weighted by Gasteiger charge is 2.39. The molecule has 2 aromatic heterocycles. The lowest BCUT2D eigenvalue weighted by Crippen LogP contribution is -2.39. The minimum atomic E-state index is -0.409. The molecule has 0 bridgehead atoms. The van der Waals surface area contributed by atoms with Crippen LogP contribution in [-0.2, 0) is 6.42 Å². The number of aromatic amines is 1. The number of nitrogens with one attached hydrogen (secondary N) is 1. The van der Waals surface area contributed by atoms with Gasteiger partial charge in [0.25, 0.3) is 5.56 Å². The Hall–Kier alpha value is -3.68. The molecule has 2 atom stereocenters. The Morgan fingerprint density at radius 1 is 1.12 bits per heavy atom. The molecule has 34 heavy (non-hydrogen) atoms. The molecule has 2 aliphatic rings. The summed E-state index contributed by atoms with van der Waals surface area (Å²) < 4.78 is 7.41. The second-order valence-electron chi connectivity index (χ2n) is 9.42. The Kier molecular flexibility index (Phi) is 5.08. The molecule has 8 heteroatoms. The van der Waals surface area contributed by atoms with Crippen LogP contribution < -0.4 is 15.2 Å². The summed E-state index contributed by atoms with van der Waals surface area (Å²) in [6.45, 7) is 2.20. The van der Waals surface area contributed by atoms with Gasteiger partial charge in [-0.15, -0.1) is 5.10 Å². The first kappa shape index (κ1) is 20.9. The van der Waals surface area contributed by atoms with Crippen molar-refractivity contribution >= 4 is 16.6 Å². The fraction of sp³-hybridized carbons (Fsp3) is 0.385. The minimum absolute atomic E-state index is 0.125. The molecule has 1 fully saturated rings. The molecule has 0 saturated heterocycles. The molecule has 3 heterocycles. The van der Waals surface area contributed by atoms with Gasteiger partial charge in [-0.1, -0.05) is 31.0 Å². The quantitative estimate of drug-likeness (QED) is 0.485. The molecule has 6 rings (SSSR count). The maximum Gasteiger partial charge on any atom is 0.254 e. The van der Waals surface area contributed by atoms with E-state index in [4.69, 9.17) is 4.74 Å². The Labute approximate surface area is 197 Å². The van der Waals surface area contributed by atoms with Crippen molar-refractivity contribution in [2.75, 3.05) is 12.0 Å². The topological polar surface area (TPSA) is 88.9 Å². The number of rotatable bonds is 5. The van der Waals surface area contributed by atoms with E-state index in [0.29, 0.717) is 5.56 Å². The van der Waals surface area contributed by atoms with E-state index in [1.54, 1.807) is 7.11 Å². The van der Waals surface area contributed by atoms with Crippen LogP contribution in [0.2, 0.25) is 0 Å². The van der Waals surface area contributed by atoms with Crippen molar-refractivity contribution in [3.05, 3.63) is 75.8 Å². The molecule has 1 aliphatic heterocycles. The number of methoxy groups -OCH3 is 1. The van der Waals surface area contributed by atoms with Crippen molar-refractivity contribution in [1.82, 2.24) is 25.2 Å². The number of H-pyrrole nitrogens is 1. The van der Waals surface area contributed by atoms with Gasteiger partial charge >= 0.3 is 0 Å².